The number of aryl methyl sites for hydroxylation is 2. The van der Waals surface area contributed by atoms with E-state index in [0.717, 1.165) is 51.5 Å². The summed E-state index contributed by atoms with van der Waals surface area (Å²) in [5.74, 6) is 1.43. The van der Waals surface area contributed by atoms with Crippen LogP contribution in [0.3, 0.4) is 0 Å². The highest BCUT2D eigenvalue weighted by Crippen LogP contribution is 2.35. The summed E-state index contributed by atoms with van der Waals surface area (Å²) in [6.45, 7) is 16.7. The number of rotatable bonds is 5. The second-order valence-corrected chi connectivity index (χ2v) is 8.28. The number of ether oxygens (including phenoxy) is 1. The first-order valence-corrected chi connectivity index (χ1v) is 10.4. The van der Waals surface area contributed by atoms with Crippen molar-refractivity contribution in [1.82, 2.24) is 0 Å². The number of methoxy groups -OCH3 is 1. The zero-order chi connectivity index (χ0) is 22.1. The van der Waals surface area contributed by atoms with Gasteiger partial charge in [0.25, 0.3) is 0 Å². The molecule has 158 valence electrons. The third kappa shape index (κ3) is 7.53. The van der Waals surface area contributed by atoms with Gasteiger partial charge in [0.2, 0.25) is 0 Å². The smallest absolute Gasteiger partial charge is 0.125 e. The molecule has 0 aliphatic rings. The van der Waals surface area contributed by atoms with Gasteiger partial charge in [0.15, 0.2) is 0 Å². The molecule has 29 heavy (non-hydrogen) atoms. The van der Waals surface area contributed by atoms with Crippen LogP contribution in [0, 0.1) is 25.6 Å². The molecule has 2 aromatic carbocycles. The van der Waals surface area contributed by atoms with Gasteiger partial charge in [-0.3, -0.25) is 0 Å². The van der Waals surface area contributed by atoms with Crippen LogP contribution in [0.5, 0.6) is 0 Å². The molecule has 0 heterocycles. The minimum Gasteiger partial charge on any atom is -0.496 e. The Labute approximate surface area is 177 Å². The van der Waals surface area contributed by atoms with Crippen molar-refractivity contribution >= 4 is 11.1 Å². The summed E-state index contributed by atoms with van der Waals surface area (Å²) in [5.41, 5.74) is 7.25. The molecule has 0 radical (unpaired) electrons. The predicted octanol–water partition coefficient (Wildman–Crippen LogP) is 8.37. The molecule has 0 spiro atoms. The van der Waals surface area contributed by atoms with Gasteiger partial charge in [-0.25, -0.2) is 4.39 Å². The SMILES string of the molecule is CC(C)C.CC/C(C)=C(OC)\C(=C(/C)c1ccc(C)cc1)c1cc(C)cc(F)c1. The summed E-state index contributed by atoms with van der Waals surface area (Å²) in [6.07, 6.45) is 0.877. The van der Waals surface area contributed by atoms with E-state index >= 15 is 0 Å². The van der Waals surface area contributed by atoms with Crippen molar-refractivity contribution < 1.29 is 9.13 Å². The van der Waals surface area contributed by atoms with E-state index < -0.39 is 0 Å². The maximum absolute atomic E-state index is 14.1. The number of hydrogen-bond donors (Lipinski definition) is 0. The minimum atomic E-state index is -0.228. The van der Waals surface area contributed by atoms with Gasteiger partial charge in [-0.05, 0) is 80.0 Å². The molecule has 0 aromatic heterocycles. The van der Waals surface area contributed by atoms with Crippen LogP contribution in [0.1, 0.15) is 70.2 Å². The Kier molecular flexibility index (Phi) is 9.88. The molecule has 0 bridgehead atoms. The van der Waals surface area contributed by atoms with Crippen LogP contribution in [-0.4, -0.2) is 7.11 Å². The molecule has 0 atom stereocenters. The van der Waals surface area contributed by atoms with Crippen molar-refractivity contribution in [2.24, 2.45) is 5.92 Å². The van der Waals surface area contributed by atoms with Gasteiger partial charge in [-0.1, -0.05) is 63.6 Å². The fourth-order valence-electron chi connectivity index (χ4n) is 3.00. The Balaban J connectivity index is 0.000000960. The van der Waals surface area contributed by atoms with Crippen molar-refractivity contribution in [3.8, 4) is 0 Å². The Hall–Kier alpha value is -2.35. The van der Waals surface area contributed by atoms with Crippen molar-refractivity contribution in [2.45, 2.75) is 61.8 Å². The quantitative estimate of drug-likeness (QED) is 0.280. The number of hydrogen-bond acceptors (Lipinski definition) is 1. The van der Waals surface area contributed by atoms with Gasteiger partial charge in [0.05, 0.1) is 7.11 Å². The first-order chi connectivity index (χ1) is 13.6. The Morgan fingerprint density at radius 1 is 0.897 bits per heavy atom. The van der Waals surface area contributed by atoms with Crippen LogP contribution >= 0.6 is 0 Å². The van der Waals surface area contributed by atoms with Gasteiger partial charge in [-0.2, -0.15) is 0 Å². The van der Waals surface area contributed by atoms with E-state index in [9.17, 15) is 4.39 Å². The van der Waals surface area contributed by atoms with Crippen LogP contribution in [0.4, 0.5) is 4.39 Å². The lowest BCUT2D eigenvalue weighted by atomic mass is 9.91. The van der Waals surface area contributed by atoms with E-state index in [4.69, 9.17) is 4.74 Å². The van der Waals surface area contributed by atoms with Crippen molar-refractivity contribution in [3.63, 3.8) is 0 Å². The summed E-state index contributed by atoms with van der Waals surface area (Å²) in [4.78, 5) is 0. The molecule has 0 fully saturated rings. The molecule has 0 saturated carbocycles. The highest BCUT2D eigenvalue weighted by Gasteiger charge is 2.17. The first kappa shape index (κ1) is 24.7. The lowest BCUT2D eigenvalue weighted by Gasteiger charge is -2.19. The van der Waals surface area contributed by atoms with Crippen LogP contribution in [0.2, 0.25) is 0 Å². The van der Waals surface area contributed by atoms with Gasteiger partial charge in [0, 0.05) is 5.57 Å². The monoisotopic (exact) mass is 396 g/mol. The lowest BCUT2D eigenvalue weighted by Crippen LogP contribution is -2.01. The molecule has 0 unspecified atom stereocenters. The zero-order valence-electron chi connectivity index (χ0n) is 19.6. The van der Waals surface area contributed by atoms with Crippen molar-refractivity contribution in [3.05, 3.63) is 81.9 Å². The maximum Gasteiger partial charge on any atom is 0.125 e. The average Bonchev–Trinajstić information content (AvgIpc) is 2.64. The summed E-state index contributed by atoms with van der Waals surface area (Å²) in [7, 11) is 1.68. The van der Waals surface area contributed by atoms with E-state index in [-0.39, 0.29) is 5.82 Å². The molecular formula is C27H37FO. The third-order valence-corrected chi connectivity index (χ3v) is 4.54. The number of benzene rings is 2. The fraction of sp³-hybridized carbons (Fsp3) is 0.407. The van der Waals surface area contributed by atoms with Crippen molar-refractivity contribution in [1.29, 1.82) is 0 Å². The lowest BCUT2D eigenvalue weighted by molar-refractivity contribution is 0.305. The van der Waals surface area contributed by atoms with E-state index in [2.05, 4.69) is 72.7 Å². The maximum atomic E-state index is 14.1. The summed E-state index contributed by atoms with van der Waals surface area (Å²) >= 11 is 0. The highest BCUT2D eigenvalue weighted by molar-refractivity contribution is 5.97. The Morgan fingerprint density at radius 2 is 1.45 bits per heavy atom. The second-order valence-electron chi connectivity index (χ2n) is 8.28. The second kappa shape index (κ2) is 11.6. The molecule has 0 amide bonds. The Bertz CT molecular complexity index is 832. The first-order valence-electron chi connectivity index (χ1n) is 10.4. The summed E-state index contributed by atoms with van der Waals surface area (Å²) in [5, 5.41) is 0. The topological polar surface area (TPSA) is 9.23 Å². The van der Waals surface area contributed by atoms with E-state index in [0.29, 0.717) is 0 Å². The highest BCUT2D eigenvalue weighted by atomic mass is 19.1. The zero-order valence-corrected chi connectivity index (χ0v) is 19.6. The minimum absolute atomic E-state index is 0.228. The van der Waals surface area contributed by atoms with E-state index in [1.54, 1.807) is 19.2 Å². The predicted molar refractivity (Wildman–Crippen MR) is 125 cm³/mol. The largest absolute Gasteiger partial charge is 0.496 e. The molecular weight excluding hydrogens is 359 g/mol. The van der Waals surface area contributed by atoms with E-state index in [1.807, 2.05) is 13.0 Å². The molecule has 2 heteroatoms. The van der Waals surface area contributed by atoms with E-state index in [1.165, 1.54) is 5.56 Å². The molecule has 0 aliphatic carbocycles. The molecule has 2 aromatic rings. The van der Waals surface area contributed by atoms with Crippen LogP contribution < -0.4 is 0 Å². The number of allylic oxidation sites excluding steroid dienone is 3. The standard InChI is InChI=1S/C23H27FO.C4H10/c1-7-17(4)23(25-6)22(20-12-16(3)13-21(24)14-20)18(5)19-10-8-15(2)9-11-19;1-4(2)3/h8-14H,7H2,1-6H3;4H,1-3H3/b22-18+,23-17+;. The average molecular weight is 397 g/mol. The summed E-state index contributed by atoms with van der Waals surface area (Å²) < 4.78 is 19.8. The van der Waals surface area contributed by atoms with Gasteiger partial charge < -0.3 is 4.74 Å². The third-order valence-electron chi connectivity index (χ3n) is 4.54. The van der Waals surface area contributed by atoms with Crippen molar-refractivity contribution in [2.75, 3.05) is 7.11 Å². The molecule has 2 rings (SSSR count). The van der Waals surface area contributed by atoms with Crippen LogP contribution in [-0.2, 0) is 4.74 Å². The van der Waals surface area contributed by atoms with Gasteiger partial charge in [-0.15, -0.1) is 0 Å². The normalized spacial score (nSPS) is 12.7. The number of halogens is 1. The summed E-state index contributed by atoms with van der Waals surface area (Å²) in [6, 6.07) is 13.5. The molecule has 0 aliphatic heterocycles. The molecule has 0 saturated heterocycles. The van der Waals surface area contributed by atoms with Gasteiger partial charge in [0.1, 0.15) is 11.6 Å². The Morgan fingerprint density at radius 3 is 1.90 bits per heavy atom. The van der Waals surface area contributed by atoms with Crippen LogP contribution in [0.15, 0.2) is 53.8 Å². The van der Waals surface area contributed by atoms with Crippen LogP contribution in [0.25, 0.3) is 11.1 Å². The molecule has 1 nitrogen and oxygen atoms in total. The fourth-order valence-corrected chi connectivity index (χ4v) is 3.00. The molecule has 0 N–H and O–H groups in total. The van der Waals surface area contributed by atoms with Gasteiger partial charge >= 0.3 is 0 Å².